The number of benzene rings is 1. The highest BCUT2D eigenvalue weighted by Crippen LogP contribution is 2.41. The van der Waals surface area contributed by atoms with Crippen LogP contribution in [0.4, 0.5) is 0 Å². The maximum absolute atomic E-state index is 12.8. The Morgan fingerprint density at radius 3 is 2.48 bits per heavy atom. The summed E-state index contributed by atoms with van der Waals surface area (Å²) in [6, 6.07) is 10.7. The quantitative estimate of drug-likeness (QED) is 0.812. The van der Waals surface area contributed by atoms with Gasteiger partial charge >= 0.3 is 0 Å². The van der Waals surface area contributed by atoms with Gasteiger partial charge in [-0.05, 0) is 25.3 Å². The Kier molecular flexibility index (Phi) is 5.57. The molecule has 2 saturated heterocycles. The third-order valence-electron chi connectivity index (χ3n) is 5.87. The van der Waals surface area contributed by atoms with Gasteiger partial charge in [-0.25, -0.2) is 4.98 Å². The molecule has 1 amide bonds. The Labute approximate surface area is 165 Å². The number of piperidine rings is 1. The van der Waals surface area contributed by atoms with Gasteiger partial charge in [-0.2, -0.15) is 0 Å². The lowest BCUT2D eigenvalue weighted by Crippen LogP contribution is -2.50. The van der Waals surface area contributed by atoms with Gasteiger partial charge in [0, 0.05) is 37.0 Å². The van der Waals surface area contributed by atoms with Crippen molar-refractivity contribution in [1.82, 2.24) is 14.8 Å². The lowest BCUT2D eigenvalue weighted by atomic mass is 9.70. The number of carbonyl (C=O) groups is 1. The van der Waals surface area contributed by atoms with Crippen LogP contribution in [0.25, 0.3) is 0 Å². The molecule has 27 heavy (non-hydrogen) atoms. The number of hydrogen-bond acceptors (Lipinski definition) is 5. The van der Waals surface area contributed by atoms with Crippen molar-refractivity contribution in [2.45, 2.75) is 25.2 Å². The maximum atomic E-state index is 12.8. The first-order valence-corrected chi connectivity index (χ1v) is 10.6. The highest BCUT2D eigenvalue weighted by atomic mass is 32.1. The monoisotopic (exact) mass is 385 g/mol. The molecule has 1 aromatic heterocycles. The molecule has 0 saturated carbocycles. The van der Waals surface area contributed by atoms with Gasteiger partial charge in [-0.1, -0.05) is 30.3 Å². The Hall–Kier alpha value is -1.76. The van der Waals surface area contributed by atoms with Gasteiger partial charge in [0.15, 0.2) is 0 Å². The summed E-state index contributed by atoms with van der Waals surface area (Å²) < 4.78 is 5.38. The molecule has 0 atom stereocenters. The van der Waals surface area contributed by atoms with E-state index < -0.39 is 0 Å². The molecule has 2 fully saturated rings. The second-order valence-corrected chi connectivity index (χ2v) is 8.53. The van der Waals surface area contributed by atoms with Crippen LogP contribution in [-0.2, 0) is 14.9 Å². The van der Waals surface area contributed by atoms with E-state index in [9.17, 15) is 4.79 Å². The molecule has 0 radical (unpaired) electrons. The number of ether oxygens (including phenoxy) is 1. The molecule has 2 aromatic rings. The van der Waals surface area contributed by atoms with Crippen molar-refractivity contribution in [3.8, 4) is 0 Å². The topological polar surface area (TPSA) is 45.7 Å². The second-order valence-electron chi connectivity index (χ2n) is 7.47. The normalized spacial score (nSPS) is 20.6. The summed E-state index contributed by atoms with van der Waals surface area (Å²) in [6.45, 7) is 7.31. The van der Waals surface area contributed by atoms with E-state index in [2.05, 4.69) is 47.5 Å². The Balaban J connectivity index is 1.49. The average molecular weight is 386 g/mol. The molecule has 0 unspecified atom stereocenters. The van der Waals surface area contributed by atoms with Crippen LogP contribution in [0.5, 0.6) is 0 Å². The number of nitrogens with zero attached hydrogens (tertiary/aromatic N) is 3. The molecule has 5 nitrogen and oxygen atoms in total. The molecule has 0 bridgehead atoms. The van der Waals surface area contributed by atoms with Crippen LogP contribution in [0.15, 0.2) is 35.7 Å². The minimum Gasteiger partial charge on any atom is -0.379 e. The molecule has 2 aliphatic rings. The predicted molar refractivity (Wildman–Crippen MR) is 107 cm³/mol. The maximum Gasteiger partial charge on any atom is 0.236 e. The van der Waals surface area contributed by atoms with Crippen molar-refractivity contribution >= 4 is 17.2 Å². The minimum atomic E-state index is -0.0816. The molecule has 0 N–H and O–H groups in total. The smallest absolute Gasteiger partial charge is 0.236 e. The number of hydrogen-bond donors (Lipinski definition) is 0. The number of carbonyl (C=O) groups excluding carboxylic acids is 1. The largest absolute Gasteiger partial charge is 0.379 e. The first-order valence-electron chi connectivity index (χ1n) is 9.73. The highest BCUT2D eigenvalue weighted by Gasteiger charge is 2.40. The van der Waals surface area contributed by atoms with Crippen molar-refractivity contribution < 1.29 is 9.53 Å². The van der Waals surface area contributed by atoms with Gasteiger partial charge in [0.1, 0.15) is 0 Å². The molecular weight excluding hydrogens is 358 g/mol. The van der Waals surface area contributed by atoms with Gasteiger partial charge in [0.25, 0.3) is 0 Å². The predicted octanol–water partition coefficient (Wildman–Crippen LogP) is 2.69. The van der Waals surface area contributed by atoms with E-state index in [1.165, 1.54) is 5.56 Å². The zero-order chi connectivity index (χ0) is 18.7. The number of aryl methyl sites for hydroxylation is 1. The van der Waals surface area contributed by atoms with Crippen LogP contribution in [0, 0.1) is 6.92 Å². The minimum absolute atomic E-state index is 0.0816. The molecule has 2 aliphatic heterocycles. The number of amides is 1. The molecule has 144 valence electrons. The van der Waals surface area contributed by atoms with Crippen LogP contribution in [0.1, 0.15) is 29.1 Å². The fourth-order valence-corrected chi connectivity index (χ4v) is 4.93. The lowest BCUT2D eigenvalue weighted by molar-refractivity contribution is -0.134. The zero-order valence-electron chi connectivity index (χ0n) is 15.9. The van der Waals surface area contributed by atoms with Crippen molar-refractivity contribution in [2.75, 3.05) is 45.9 Å². The first kappa shape index (κ1) is 18.6. The standard InChI is InChI=1S/C21H27N3O2S/c1-17-22-19(16-27-17)21(18-5-3-2-4-6-18)7-9-24(10-8-21)20(25)15-23-11-13-26-14-12-23/h2-6,16H,7-15H2,1H3. The van der Waals surface area contributed by atoms with E-state index in [1.54, 1.807) is 11.3 Å². The highest BCUT2D eigenvalue weighted by molar-refractivity contribution is 7.09. The summed E-state index contributed by atoms with van der Waals surface area (Å²) in [4.78, 5) is 21.9. The molecule has 4 rings (SSSR count). The van der Waals surface area contributed by atoms with Crippen molar-refractivity contribution in [3.63, 3.8) is 0 Å². The molecule has 3 heterocycles. The zero-order valence-corrected chi connectivity index (χ0v) is 16.7. The van der Waals surface area contributed by atoms with E-state index in [0.717, 1.165) is 62.9 Å². The second kappa shape index (κ2) is 8.09. The van der Waals surface area contributed by atoms with Crippen molar-refractivity contribution in [2.24, 2.45) is 0 Å². The fraction of sp³-hybridized carbons (Fsp3) is 0.524. The summed E-state index contributed by atoms with van der Waals surface area (Å²) in [5, 5.41) is 3.30. The van der Waals surface area contributed by atoms with Gasteiger partial charge in [0.05, 0.1) is 30.5 Å². The van der Waals surface area contributed by atoms with Gasteiger partial charge in [0.2, 0.25) is 5.91 Å². The van der Waals surface area contributed by atoms with Crippen LogP contribution in [-0.4, -0.2) is 66.6 Å². The van der Waals surface area contributed by atoms with Crippen LogP contribution in [0.3, 0.4) is 0 Å². The summed E-state index contributed by atoms with van der Waals surface area (Å²) in [7, 11) is 0. The van der Waals surface area contributed by atoms with Crippen LogP contribution < -0.4 is 0 Å². The molecule has 1 aromatic carbocycles. The van der Waals surface area contributed by atoms with E-state index in [4.69, 9.17) is 9.72 Å². The molecule has 0 aliphatic carbocycles. The molecular formula is C21H27N3O2S. The average Bonchev–Trinajstić information content (AvgIpc) is 3.16. The summed E-state index contributed by atoms with van der Waals surface area (Å²) in [5.74, 6) is 0.244. The SMILES string of the molecule is Cc1nc(C2(c3ccccc3)CCN(C(=O)CN3CCOCC3)CC2)cs1. The summed E-state index contributed by atoms with van der Waals surface area (Å²) >= 11 is 1.71. The fourth-order valence-electron chi connectivity index (χ4n) is 4.22. The number of morpholine rings is 1. The number of rotatable bonds is 4. The number of likely N-dealkylation sites (tertiary alicyclic amines) is 1. The van der Waals surface area contributed by atoms with Gasteiger partial charge in [-0.15, -0.1) is 11.3 Å². The van der Waals surface area contributed by atoms with E-state index in [-0.39, 0.29) is 11.3 Å². The summed E-state index contributed by atoms with van der Waals surface area (Å²) in [5.41, 5.74) is 2.40. The van der Waals surface area contributed by atoms with Crippen molar-refractivity contribution in [1.29, 1.82) is 0 Å². The number of thiazole rings is 1. The van der Waals surface area contributed by atoms with Crippen molar-refractivity contribution in [3.05, 3.63) is 52.0 Å². The van der Waals surface area contributed by atoms with Gasteiger partial charge in [-0.3, -0.25) is 9.69 Å². The first-order chi connectivity index (χ1) is 13.2. The Bertz CT molecular complexity index is 763. The lowest BCUT2D eigenvalue weighted by Gasteiger charge is -2.42. The van der Waals surface area contributed by atoms with Crippen LogP contribution in [0.2, 0.25) is 0 Å². The van der Waals surface area contributed by atoms with E-state index in [1.807, 2.05) is 4.90 Å². The Morgan fingerprint density at radius 2 is 1.85 bits per heavy atom. The third-order valence-corrected chi connectivity index (χ3v) is 6.64. The molecule has 6 heteroatoms. The Morgan fingerprint density at radius 1 is 1.15 bits per heavy atom. The van der Waals surface area contributed by atoms with Crippen LogP contribution >= 0.6 is 11.3 Å². The van der Waals surface area contributed by atoms with Gasteiger partial charge < -0.3 is 9.64 Å². The van der Waals surface area contributed by atoms with E-state index in [0.29, 0.717) is 6.54 Å². The van der Waals surface area contributed by atoms with E-state index >= 15 is 0 Å². The third kappa shape index (κ3) is 3.93. The molecule has 0 spiro atoms. The summed E-state index contributed by atoms with van der Waals surface area (Å²) in [6.07, 6.45) is 1.85. The number of aromatic nitrogens is 1.